The van der Waals surface area contributed by atoms with E-state index in [1.54, 1.807) is 36.5 Å². The maximum absolute atomic E-state index is 12.4. The first kappa shape index (κ1) is 12.6. The van der Waals surface area contributed by atoms with Crippen molar-refractivity contribution in [3.63, 3.8) is 0 Å². The van der Waals surface area contributed by atoms with Crippen LogP contribution in [0.15, 0.2) is 52.2 Å². The molecule has 0 unspecified atom stereocenters. The van der Waals surface area contributed by atoms with Gasteiger partial charge in [0.2, 0.25) is 0 Å². The van der Waals surface area contributed by atoms with Crippen molar-refractivity contribution in [2.45, 2.75) is 6.54 Å². The maximum atomic E-state index is 12.4. The van der Waals surface area contributed by atoms with Crippen molar-refractivity contribution in [3.05, 3.63) is 68.2 Å². The zero-order valence-electron chi connectivity index (χ0n) is 10.4. The average Bonchev–Trinajstić information content (AvgIpc) is 2.43. The molecule has 0 radical (unpaired) electrons. The van der Waals surface area contributed by atoms with Gasteiger partial charge in [-0.2, -0.15) is 0 Å². The predicted molar refractivity (Wildman–Crippen MR) is 80.1 cm³/mol. The monoisotopic (exact) mass is 285 g/mol. The number of nitrogen functional groups attached to an aromatic ring is 1. The minimum absolute atomic E-state index is 0.200. The van der Waals surface area contributed by atoms with Crippen molar-refractivity contribution >= 4 is 27.2 Å². The largest absolute Gasteiger partial charge is 0.384 e. The van der Waals surface area contributed by atoms with E-state index < -0.39 is 0 Å². The van der Waals surface area contributed by atoms with E-state index in [9.17, 15) is 9.59 Å². The molecule has 0 aliphatic heterocycles. The van der Waals surface area contributed by atoms with Gasteiger partial charge >= 0.3 is 4.87 Å². The highest BCUT2D eigenvalue weighted by Gasteiger charge is 2.08. The van der Waals surface area contributed by atoms with Crippen LogP contribution in [0.3, 0.4) is 0 Å². The van der Waals surface area contributed by atoms with Crippen LogP contribution >= 0.6 is 11.3 Å². The van der Waals surface area contributed by atoms with Gasteiger partial charge in [-0.25, -0.2) is 4.98 Å². The molecule has 2 N–H and O–H groups in total. The molecule has 0 aliphatic rings. The Morgan fingerprint density at radius 1 is 1.20 bits per heavy atom. The molecule has 5 nitrogen and oxygen atoms in total. The molecular formula is C14H11N3O2S. The van der Waals surface area contributed by atoms with Crippen molar-refractivity contribution in [2.24, 2.45) is 0 Å². The minimum Gasteiger partial charge on any atom is -0.384 e. The van der Waals surface area contributed by atoms with Crippen LogP contribution < -0.4 is 16.2 Å². The molecule has 0 saturated carbocycles. The van der Waals surface area contributed by atoms with Gasteiger partial charge in [0, 0.05) is 10.9 Å². The first-order valence-electron chi connectivity index (χ1n) is 5.98. The number of pyridine rings is 1. The van der Waals surface area contributed by atoms with Crippen LogP contribution in [0.1, 0.15) is 5.56 Å². The minimum atomic E-state index is -0.278. The molecule has 0 saturated heterocycles. The number of benzene rings is 1. The van der Waals surface area contributed by atoms with Crippen LogP contribution in [-0.2, 0) is 6.54 Å². The van der Waals surface area contributed by atoms with Gasteiger partial charge in [-0.15, -0.1) is 0 Å². The first-order valence-corrected chi connectivity index (χ1v) is 6.80. The Balaban J connectivity index is 2.17. The van der Waals surface area contributed by atoms with Gasteiger partial charge in [0.25, 0.3) is 5.56 Å². The lowest BCUT2D eigenvalue weighted by molar-refractivity contribution is 0.752. The van der Waals surface area contributed by atoms with Crippen molar-refractivity contribution in [3.8, 4) is 0 Å². The van der Waals surface area contributed by atoms with E-state index in [-0.39, 0.29) is 17.0 Å². The molecule has 2 heterocycles. The fourth-order valence-electron chi connectivity index (χ4n) is 2.02. The summed E-state index contributed by atoms with van der Waals surface area (Å²) in [5.41, 5.74) is 6.10. The second-order valence-electron chi connectivity index (χ2n) is 4.34. The Labute approximate surface area is 117 Å². The smallest absolute Gasteiger partial charge is 0.310 e. The van der Waals surface area contributed by atoms with E-state index in [4.69, 9.17) is 5.73 Å². The van der Waals surface area contributed by atoms with Crippen LogP contribution in [0.25, 0.3) is 10.1 Å². The summed E-state index contributed by atoms with van der Waals surface area (Å²) in [4.78, 5) is 28.1. The van der Waals surface area contributed by atoms with Crippen molar-refractivity contribution in [1.29, 1.82) is 0 Å². The van der Waals surface area contributed by atoms with Gasteiger partial charge in [-0.1, -0.05) is 23.5 Å². The molecule has 0 spiro atoms. The van der Waals surface area contributed by atoms with Crippen molar-refractivity contribution in [2.75, 3.05) is 5.73 Å². The van der Waals surface area contributed by atoms with E-state index >= 15 is 0 Å². The molecule has 6 heteroatoms. The molecule has 100 valence electrons. The third-order valence-corrected chi connectivity index (χ3v) is 3.94. The lowest BCUT2D eigenvalue weighted by Crippen LogP contribution is -2.31. The highest BCUT2D eigenvalue weighted by molar-refractivity contribution is 7.16. The van der Waals surface area contributed by atoms with Gasteiger partial charge in [-0.05, 0) is 29.8 Å². The predicted octanol–water partition coefficient (Wildman–Crippen LogP) is 1.45. The molecule has 0 amide bonds. The Kier molecular flexibility index (Phi) is 3.08. The number of nitrogens with zero attached hydrogens (tertiary/aromatic N) is 2. The Bertz CT molecular complexity index is 899. The van der Waals surface area contributed by atoms with E-state index in [1.807, 2.05) is 6.07 Å². The second-order valence-corrected chi connectivity index (χ2v) is 5.34. The van der Waals surface area contributed by atoms with Gasteiger partial charge in [0.1, 0.15) is 5.82 Å². The molecule has 0 fully saturated rings. The Hall–Kier alpha value is -2.47. The number of aromatic nitrogens is 2. The summed E-state index contributed by atoms with van der Waals surface area (Å²) in [6.45, 7) is 0.200. The van der Waals surface area contributed by atoms with Gasteiger partial charge in [0.05, 0.1) is 11.9 Å². The third kappa shape index (κ3) is 2.21. The SMILES string of the molecule is Nc1cc(Cn2c(=O)sc3ccccc3c2=O)ccn1. The summed E-state index contributed by atoms with van der Waals surface area (Å²) in [7, 11) is 0. The molecule has 3 aromatic rings. The Morgan fingerprint density at radius 3 is 2.80 bits per heavy atom. The zero-order chi connectivity index (χ0) is 14.1. The van der Waals surface area contributed by atoms with Crippen LogP contribution in [0, 0.1) is 0 Å². The maximum Gasteiger partial charge on any atom is 0.310 e. The molecule has 0 atom stereocenters. The average molecular weight is 285 g/mol. The van der Waals surface area contributed by atoms with Crippen LogP contribution in [-0.4, -0.2) is 9.55 Å². The normalized spacial score (nSPS) is 10.8. The van der Waals surface area contributed by atoms with E-state index in [2.05, 4.69) is 4.98 Å². The summed E-state index contributed by atoms with van der Waals surface area (Å²) >= 11 is 1.07. The van der Waals surface area contributed by atoms with Gasteiger partial charge in [-0.3, -0.25) is 14.2 Å². The summed E-state index contributed by atoms with van der Waals surface area (Å²) in [5, 5.41) is 0.555. The first-order chi connectivity index (χ1) is 9.65. The van der Waals surface area contributed by atoms with Crippen LogP contribution in [0.2, 0.25) is 0 Å². The number of hydrogen-bond donors (Lipinski definition) is 1. The van der Waals surface area contributed by atoms with E-state index in [1.165, 1.54) is 4.57 Å². The highest BCUT2D eigenvalue weighted by atomic mass is 32.1. The number of hydrogen-bond acceptors (Lipinski definition) is 5. The fourth-order valence-corrected chi connectivity index (χ4v) is 2.88. The van der Waals surface area contributed by atoms with Crippen molar-refractivity contribution < 1.29 is 0 Å². The molecular weight excluding hydrogens is 274 g/mol. The zero-order valence-corrected chi connectivity index (χ0v) is 11.3. The molecule has 20 heavy (non-hydrogen) atoms. The second kappa shape index (κ2) is 4.90. The summed E-state index contributed by atoms with van der Waals surface area (Å²) in [5.74, 6) is 0.368. The summed E-state index contributed by atoms with van der Waals surface area (Å²) in [6, 6.07) is 10.5. The number of nitrogens with two attached hydrogens (primary N) is 1. The molecule has 0 bridgehead atoms. The number of fused-ring (bicyclic) bond motifs is 1. The molecule has 0 aliphatic carbocycles. The van der Waals surface area contributed by atoms with Crippen molar-refractivity contribution in [1.82, 2.24) is 9.55 Å². The Morgan fingerprint density at radius 2 is 2.00 bits per heavy atom. The van der Waals surface area contributed by atoms with Crippen LogP contribution in [0.4, 0.5) is 5.82 Å². The fraction of sp³-hybridized carbons (Fsp3) is 0.0714. The standard InChI is InChI=1S/C14H11N3O2S/c15-12-7-9(5-6-16-12)8-17-13(18)10-3-1-2-4-11(10)20-14(17)19/h1-7H,8H2,(H2,15,16). The lowest BCUT2D eigenvalue weighted by atomic mass is 10.2. The lowest BCUT2D eigenvalue weighted by Gasteiger charge is -2.06. The van der Waals surface area contributed by atoms with Crippen LogP contribution in [0.5, 0.6) is 0 Å². The van der Waals surface area contributed by atoms with E-state index in [0.717, 1.165) is 16.9 Å². The highest BCUT2D eigenvalue weighted by Crippen LogP contribution is 2.11. The molecule has 2 aromatic heterocycles. The number of anilines is 1. The topological polar surface area (TPSA) is 78.0 Å². The van der Waals surface area contributed by atoms with Gasteiger partial charge < -0.3 is 5.73 Å². The number of rotatable bonds is 2. The summed E-state index contributed by atoms with van der Waals surface area (Å²) < 4.78 is 1.93. The van der Waals surface area contributed by atoms with E-state index in [0.29, 0.717) is 15.9 Å². The molecule has 3 rings (SSSR count). The third-order valence-electron chi connectivity index (χ3n) is 2.97. The van der Waals surface area contributed by atoms with Gasteiger partial charge in [0.15, 0.2) is 0 Å². The quantitative estimate of drug-likeness (QED) is 0.773. The molecule has 1 aromatic carbocycles. The summed E-state index contributed by atoms with van der Waals surface area (Å²) in [6.07, 6.45) is 1.56.